The van der Waals surface area contributed by atoms with Crippen molar-refractivity contribution in [1.82, 2.24) is 0 Å². The monoisotopic (exact) mass is 269 g/mol. The molecule has 1 aliphatic heterocycles. The second-order valence-corrected chi connectivity index (χ2v) is 5.43. The third-order valence-electron chi connectivity index (χ3n) is 4.22. The highest BCUT2D eigenvalue weighted by atomic mass is 14.9. The number of hydrogen-bond acceptors (Lipinski definition) is 1. The van der Waals surface area contributed by atoms with Crippen LogP contribution in [0.1, 0.15) is 0 Å². The van der Waals surface area contributed by atoms with E-state index in [4.69, 9.17) is 0 Å². The molecule has 1 aliphatic rings. The molecule has 2 aromatic heterocycles. The zero-order valence-electron chi connectivity index (χ0n) is 11.4. The van der Waals surface area contributed by atoms with Crippen molar-refractivity contribution in [2.24, 2.45) is 0 Å². The zero-order valence-corrected chi connectivity index (χ0v) is 11.4. The average molecular weight is 269 g/mol. The normalized spacial score (nSPS) is 12.2. The van der Waals surface area contributed by atoms with Crippen LogP contribution < -0.4 is 9.72 Å². The van der Waals surface area contributed by atoms with Crippen LogP contribution in [-0.2, 0) is 0 Å². The van der Waals surface area contributed by atoms with Crippen molar-refractivity contribution in [3.63, 3.8) is 0 Å². The molecule has 0 unspecified atom stereocenters. The van der Waals surface area contributed by atoms with E-state index in [1.807, 2.05) is 0 Å². The van der Waals surface area contributed by atoms with E-state index in [2.05, 4.69) is 82.6 Å². The van der Waals surface area contributed by atoms with Crippen molar-refractivity contribution < 1.29 is 4.40 Å². The van der Waals surface area contributed by atoms with E-state index in [0.717, 1.165) is 0 Å². The Morgan fingerprint density at radius 2 is 1.62 bits per heavy atom. The summed E-state index contributed by atoms with van der Waals surface area (Å²) < 4.78 is 2.28. The van der Waals surface area contributed by atoms with E-state index in [1.165, 1.54) is 38.9 Å². The van der Waals surface area contributed by atoms with Gasteiger partial charge in [-0.2, -0.15) is 4.40 Å². The van der Waals surface area contributed by atoms with Gasteiger partial charge in [-0.1, -0.05) is 24.3 Å². The summed E-state index contributed by atoms with van der Waals surface area (Å²) in [6, 6.07) is 23.5. The lowest BCUT2D eigenvalue weighted by molar-refractivity contribution is -0.498. The summed E-state index contributed by atoms with van der Waals surface area (Å²) in [5.74, 6) is 0. The predicted octanol–water partition coefficient (Wildman–Crippen LogP) is 4.30. The Balaban J connectivity index is 2.11. The maximum Gasteiger partial charge on any atom is 0.230 e. The fourth-order valence-electron chi connectivity index (χ4n) is 3.32. The lowest BCUT2D eigenvalue weighted by Crippen LogP contribution is -2.26. The number of para-hydroxylation sites is 1. The zero-order chi connectivity index (χ0) is 13.8. The highest BCUT2D eigenvalue weighted by Gasteiger charge is 2.26. The van der Waals surface area contributed by atoms with Gasteiger partial charge in [-0.05, 0) is 29.7 Å². The van der Waals surface area contributed by atoms with E-state index < -0.39 is 0 Å². The Morgan fingerprint density at radius 1 is 0.762 bits per heavy atom. The fraction of sp³-hybridized carbons (Fsp3) is 0. The first-order valence-electron chi connectivity index (χ1n) is 7.14. The van der Waals surface area contributed by atoms with Gasteiger partial charge in [0.05, 0.1) is 22.3 Å². The minimum absolute atomic E-state index is 1.17. The Morgan fingerprint density at radius 3 is 2.62 bits per heavy atom. The number of nitrogens with one attached hydrogen (secondary N) is 1. The summed E-state index contributed by atoms with van der Waals surface area (Å²) in [6.07, 6.45) is 2.14. The molecule has 0 saturated carbocycles. The van der Waals surface area contributed by atoms with Crippen LogP contribution in [-0.4, -0.2) is 0 Å². The summed E-state index contributed by atoms with van der Waals surface area (Å²) in [5.41, 5.74) is 6.09. The van der Waals surface area contributed by atoms with E-state index in [-0.39, 0.29) is 0 Å². The summed E-state index contributed by atoms with van der Waals surface area (Å²) in [6.45, 7) is 0. The van der Waals surface area contributed by atoms with E-state index in [0.29, 0.717) is 0 Å². The van der Waals surface area contributed by atoms with Gasteiger partial charge in [-0.25, -0.2) is 0 Å². The number of benzene rings is 2. The van der Waals surface area contributed by atoms with Gasteiger partial charge in [0.25, 0.3) is 0 Å². The Labute approximate surface area is 122 Å². The van der Waals surface area contributed by atoms with Crippen LogP contribution in [0.25, 0.3) is 27.5 Å². The number of rotatable bonds is 0. The van der Waals surface area contributed by atoms with Crippen LogP contribution >= 0.6 is 0 Å². The molecule has 0 saturated heterocycles. The minimum Gasteiger partial charge on any atom is -0.354 e. The second kappa shape index (κ2) is 3.83. The Hall–Kier alpha value is -2.87. The lowest BCUT2D eigenvalue weighted by atomic mass is 9.96. The first-order chi connectivity index (χ1) is 10.4. The van der Waals surface area contributed by atoms with Crippen LogP contribution in [0.5, 0.6) is 0 Å². The first kappa shape index (κ1) is 10.9. The van der Waals surface area contributed by atoms with Crippen molar-refractivity contribution in [2.45, 2.75) is 0 Å². The smallest absolute Gasteiger partial charge is 0.230 e. The van der Waals surface area contributed by atoms with Crippen LogP contribution in [0.2, 0.25) is 0 Å². The molecule has 0 spiro atoms. The molecule has 98 valence electrons. The molecule has 1 N–H and O–H groups in total. The van der Waals surface area contributed by atoms with Gasteiger partial charge in [-0.15, -0.1) is 0 Å². The van der Waals surface area contributed by atoms with Gasteiger partial charge in [0, 0.05) is 18.2 Å². The molecule has 5 rings (SSSR count). The quantitative estimate of drug-likeness (QED) is 0.327. The summed E-state index contributed by atoms with van der Waals surface area (Å²) >= 11 is 0. The van der Waals surface area contributed by atoms with Crippen LogP contribution in [0.4, 0.5) is 11.4 Å². The average Bonchev–Trinajstić information content (AvgIpc) is 2.54. The summed E-state index contributed by atoms with van der Waals surface area (Å²) in [4.78, 5) is 0. The standard InChI is InChI=1S/C19H12N2/c1-2-9-16-15(8-1)19-18-13(6-5-10-17(18)20-16)12-14-7-3-4-11-21(14)19/h1-12H/p+1. The summed E-state index contributed by atoms with van der Waals surface area (Å²) in [5, 5.41) is 6.12. The van der Waals surface area contributed by atoms with Gasteiger partial charge in [0.2, 0.25) is 11.2 Å². The summed E-state index contributed by atoms with van der Waals surface area (Å²) in [7, 11) is 0. The topological polar surface area (TPSA) is 16.1 Å². The van der Waals surface area contributed by atoms with Crippen molar-refractivity contribution in [2.75, 3.05) is 5.32 Å². The number of pyridine rings is 2. The first-order valence-corrected chi connectivity index (χ1v) is 7.14. The van der Waals surface area contributed by atoms with Crippen LogP contribution in [0.3, 0.4) is 0 Å². The highest BCUT2D eigenvalue weighted by Crippen LogP contribution is 2.41. The Bertz CT molecular complexity index is 1020. The highest BCUT2D eigenvalue weighted by molar-refractivity contribution is 6.09. The third-order valence-corrected chi connectivity index (χ3v) is 4.22. The molecule has 3 heterocycles. The third kappa shape index (κ3) is 1.39. The molecule has 0 radical (unpaired) electrons. The van der Waals surface area contributed by atoms with E-state index in [9.17, 15) is 0 Å². The maximum atomic E-state index is 3.56. The Kier molecular flexibility index (Phi) is 1.98. The fourth-order valence-corrected chi connectivity index (χ4v) is 3.32. The number of aromatic nitrogens is 1. The van der Waals surface area contributed by atoms with E-state index in [1.54, 1.807) is 0 Å². The van der Waals surface area contributed by atoms with Crippen LogP contribution in [0, 0.1) is 0 Å². The minimum atomic E-state index is 1.17. The number of nitrogens with zero attached hydrogens (tertiary/aromatic N) is 1. The number of fused-ring (bicyclic) bond motifs is 4. The maximum absolute atomic E-state index is 3.56. The van der Waals surface area contributed by atoms with Crippen molar-refractivity contribution in [3.8, 4) is 11.3 Å². The molecule has 0 fully saturated rings. The molecule has 2 aromatic carbocycles. The van der Waals surface area contributed by atoms with Crippen molar-refractivity contribution in [1.29, 1.82) is 0 Å². The molecular formula is C19H13N2+. The second-order valence-electron chi connectivity index (χ2n) is 5.43. The molecule has 2 heteroatoms. The van der Waals surface area contributed by atoms with E-state index >= 15 is 0 Å². The largest absolute Gasteiger partial charge is 0.354 e. The van der Waals surface area contributed by atoms with Gasteiger partial charge in [0.15, 0.2) is 6.20 Å². The van der Waals surface area contributed by atoms with Crippen molar-refractivity contribution >= 4 is 27.7 Å². The van der Waals surface area contributed by atoms with Gasteiger partial charge < -0.3 is 5.32 Å². The van der Waals surface area contributed by atoms with Crippen LogP contribution in [0.15, 0.2) is 72.9 Å². The van der Waals surface area contributed by atoms with Gasteiger partial charge in [0.1, 0.15) is 0 Å². The van der Waals surface area contributed by atoms with Crippen molar-refractivity contribution in [3.05, 3.63) is 72.9 Å². The SMILES string of the molecule is c1ccc2c(c1)Nc1cccc3cc4cccc[n+]4c-2c13. The molecule has 4 aromatic rings. The lowest BCUT2D eigenvalue weighted by Gasteiger charge is -2.19. The molecule has 2 nitrogen and oxygen atoms in total. The molecule has 21 heavy (non-hydrogen) atoms. The molecule has 0 aliphatic carbocycles. The van der Waals surface area contributed by atoms with Gasteiger partial charge in [-0.3, -0.25) is 0 Å². The predicted molar refractivity (Wildman–Crippen MR) is 85.8 cm³/mol. The molecule has 0 atom stereocenters. The van der Waals surface area contributed by atoms with Gasteiger partial charge >= 0.3 is 0 Å². The molecule has 0 amide bonds. The number of hydrogen-bond donors (Lipinski definition) is 1. The number of anilines is 2. The molecule has 0 bridgehead atoms. The molecular weight excluding hydrogens is 256 g/mol.